The topological polar surface area (TPSA) is 62.6 Å². The molecule has 2 rings (SSSR count). The Labute approximate surface area is 136 Å². The third-order valence-corrected chi connectivity index (χ3v) is 3.25. The van der Waals surface area contributed by atoms with Gasteiger partial charge < -0.3 is 14.6 Å². The molecule has 0 radical (unpaired) electrons. The zero-order valence-electron chi connectivity index (χ0n) is 12.8. The van der Waals surface area contributed by atoms with Crippen LogP contribution in [0, 0.1) is 0 Å². The largest absolute Gasteiger partial charge is 0.459 e. The van der Waals surface area contributed by atoms with Crippen molar-refractivity contribution in [2.45, 2.75) is 13.1 Å². The monoisotopic (exact) mass is 340 g/mol. The van der Waals surface area contributed by atoms with Gasteiger partial charge >= 0.3 is 6.18 Å². The first kappa shape index (κ1) is 17.6. The van der Waals surface area contributed by atoms with Crippen LogP contribution in [-0.2, 0) is 11.0 Å². The number of alkyl halides is 3. The number of rotatable bonds is 5. The van der Waals surface area contributed by atoms with Crippen LogP contribution in [0.4, 0.5) is 18.9 Å². The van der Waals surface area contributed by atoms with Gasteiger partial charge in [0.15, 0.2) is 5.76 Å². The van der Waals surface area contributed by atoms with Gasteiger partial charge in [-0.2, -0.15) is 13.2 Å². The summed E-state index contributed by atoms with van der Waals surface area (Å²) in [5, 5.41) is 2.49. The molecule has 24 heavy (non-hydrogen) atoms. The molecule has 2 aromatic rings. The summed E-state index contributed by atoms with van der Waals surface area (Å²) in [6, 6.07) is 7.80. The molecular formula is C16H15F3N2O3. The zero-order chi connectivity index (χ0) is 17.7. The van der Waals surface area contributed by atoms with E-state index < -0.39 is 23.6 Å². The Hall–Kier alpha value is -2.77. The standard InChI is InChI=1S/C16H15F3N2O3/c1-11(22)21(9-8-20-15(23)14-7-4-10-24-14)13-6-3-2-5-12(13)16(17,18)19/h2-7,10H,8-9H2,1H3,(H,20,23). The van der Waals surface area contributed by atoms with Crippen LogP contribution in [0.3, 0.4) is 0 Å². The third kappa shape index (κ3) is 4.15. The van der Waals surface area contributed by atoms with E-state index in [-0.39, 0.29) is 24.5 Å². The van der Waals surface area contributed by atoms with Crippen LogP contribution < -0.4 is 10.2 Å². The van der Waals surface area contributed by atoms with Gasteiger partial charge in [-0.3, -0.25) is 9.59 Å². The lowest BCUT2D eigenvalue weighted by Gasteiger charge is -2.24. The molecule has 1 aromatic carbocycles. The van der Waals surface area contributed by atoms with Gasteiger partial charge in [0.2, 0.25) is 5.91 Å². The van der Waals surface area contributed by atoms with Gasteiger partial charge in [0.1, 0.15) is 0 Å². The first-order valence-electron chi connectivity index (χ1n) is 7.06. The first-order chi connectivity index (χ1) is 11.3. The quantitative estimate of drug-likeness (QED) is 0.910. The fraction of sp³-hybridized carbons (Fsp3) is 0.250. The summed E-state index contributed by atoms with van der Waals surface area (Å²) in [6.07, 6.45) is -3.25. The van der Waals surface area contributed by atoms with E-state index in [2.05, 4.69) is 5.32 Å². The maximum Gasteiger partial charge on any atom is 0.418 e. The number of para-hydroxylation sites is 1. The average molecular weight is 340 g/mol. The second kappa shape index (κ2) is 7.20. The zero-order valence-corrected chi connectivity index (χ0v) is 12.8. The number of nitrogens with zero attached hydrogens (tertiary/aromatic N) is 1. The molecule has 0 spiro atoms. The lowest BCUT2D eigenvalue weighted by Crippen LogP contribution is -2.38. The smallest absolute Gasteiger partial charge is 0.418 e. The van der Waals surface area contributed by atoms with Crippen molar-refractivity contribution in [1.82, 2.24) is 5.32 Å². The molecule has 0 fully saturated rings. The molecule has 1 N–H and O–H groups in total. The Morgan fingerprint density at radius 3 is 2.46 bits per heavy atom. The van der Waals surface area contributed by atoms with Crippen LogP contribution in [0.15, 0.2) is 47.1 Å². The van der Waals surface area contributed by atoms with Crippen molar-refractivity contribution in [3.8, 4) is 0 Å². The highest BCUT2D eigenvalue weighted by atomic mass is 19.4. The molecule has 0 saturated carbocycles. The maximum absolute atomic E-state index is 13.1. The van der Waals surface area contributed by atoms with Crippen LogP contribution >= 0.6 is 0 Å². The number of hydrogen-bond donors (Lipinski definition) is 1. The lowest BCUT2D eigenvalue weighted by atomic mass is 10.1. The van der Waals surface area contributed by atoms with Crippen molar-refractivity contribution in [1.29, 1.82) is 0 Å². The molecular weight excluding hydrogens is 325 g/mol. The van der Waals surface area contributed by atoms with Gasteiger partial charge in [0.25, 0.3) is 5.91 Å². The van der Waals surface area contributed by atoms with Crippen molar-refractivity contribution in [2.24, 2.45) is 0 Å². The number of anilines is 1. The second-order valence-corrected chi connectivity index (χ2v) is 4.92. The highest BCUT2D eigenvalue weighted by Gasteiger charge is 2.35. The molecule has 0 atom stereocenters. The van der Waals surface area contributed by atoms with E-state index in [0.717, 1.165) is 11.0 Å². The molecule has 2 amide bonds. The molecule has 5 nitrogen and oxygen atoms in total. The van der Waals surface area contributed by atoms with E-state index in [4.69, 9.17) is 4.42 Å². The molecule has 0 aliphatic carbocycles. The van der Waals surface area contributed by atoms with Crippen molar-refractivity contribution in [2.75, 3.05) is 18.0 Å². The van der Waals surface area contributed by atoms with Gasteiger partial charge in [0.05, 0.1) is 17.5 Å². The summed E-state index contributed by atoms with van der Waals surface area (Å²) in [5.74, 6) is -0.980. The predicted octanol–water partition coefficient (Wildman–Crippen LogP) is 3.08. The fourth-order valence-electron chi connectivity index (χ4n) is 2.17. The van der Waals surface area contributed by atoms with E-state index in [1.54, 1.807) is 0 Å². The van der Waals surface area contributed by atoms with Crippen LogP contribution in [0.1, 0.15) is 23.0 Å². The molecule has 0 bridgehead atoms. The Bertz CT molecular complexity index is 712. The van der Waals surface area contributed by atoms with Crippen molar-refractivity contribution < 1.29 is 27.2 Å². The maximum atomic E-state index is 13.1. The minimum Gasteiger partial charge on any atom is -0.459 e. The summed E-state index contributed by atoms with van der Waals surface area (Å²) in [4.78, 5) is 24.5. The van der Waals surface area contributed by atoms with Crippen molar-refractivity contribution >= 4 is 17.5 Å². The number of amides is 2. The number of furan rings is 1. The molecule has 0 unspecified atom stereocenters. The van der Waals surface area contributed by atoms with Gasteiger partial charge in [0, 0.05) is 20.0 Å². The highest BCUT2D eigenvalue weighted by molar-refractivity contribution is 5.93. The predicted molar refractivity (Wildman–Crippen MR) is 80.5 cm³/mol. The van der Waals surface area contributed by atoms with E-state index in [9.17, 15) is 22.8 Å². The van der Waals surface area contributed by atoms with E-state index in [1.165, 1.54) is 43.5 Å². The van der Waals surface area contributed by atoms with Crippen LogP contribution in [0.2, 0.25) is 0 Å². The SMILES string of the molecule is CC(=O)N(CCNC(=O)c1ccco1)c1ccccc1C(F)(F)F. The summed E-state index contributed by atoms with van der Waals surface area (Å²) in [6.45, 7) is 1.04. The van der Waals surface area contributed by atoms with E-state index >= 15 is 0 Å². The third-order valence-electron chi connectivity index (χ3n) is 3.25. The Kier molecular flexibility index (Phi) is 5.28. The second-order valence-electron chi connectivity index (χ2n) is 4.92. The molecule has 128 valence electrons. The summed E-state index contributed by atoms with van der Waals surface area (Å²) < 4.78 is 44.2. The van der Waals surface area contributed by atoms with Gasteiger partial charge in [-0.25, -0.2) is 0 Å². The molecule has 1 heterocycles. The number of benzene rings is 1. The van der Waals surface area contributed by atoms with Crippen LogP contribution in [-0.4, -0.2) is 24.9 Å². The number of hydrogen-bond acceptors (Lipinski definition) is 3. The summed E-state index contributed by atoms with van der Waals surface area (Å²) in [7, 11) is 0. The van der Waals surface area contributed by atoms with Crippen LogP contribution in [0.5, 0.6) is 0 Å². The highest BCUT2D eigenvalue weighted by Crippen LogP contribution is 2.36. The number of halogens is 3. The first-order valence-corrected chi connectivity index (χ1v) is 7.06. The van der Waals surface area contributed by atoms with E-state index in [1.807, 2.05) is 0 Å². The molecule has 8 heteroatoms. The van der Waals surface area contributed by atoms with E-state index in [0.29, 0.717) is 0 Å². The normalized spacial score (nSPS) is 11.2. The number of nitrogens with one attached hydrogen (secondary N) is 1. The Morgan fingerprint density at radius 2 is 1.88 bits per heavy atom. The fourth-order valence-corrected chi connectivity index (χ4v) is 2.17. The van der Waals surface area contributed by atoms with Gasteiger partial charge in [-0.05, 0) is 24.3 Å². The lowest BCUT2D eigenvalue weighted by molar-refractivity contribution is -0.137. The van der Waals surface area contributed by atoms with Crippen molar-refractivity contribution in [3.63, 3.8) is 0 Å². The minimum absolute atomic E-state index is 0.0225. The molecule has 0 saturated heterocycles. The summed E-state index contributed by atoms with van der Waals surface area (Å²) in [5.41, 5.74) is -1.15. The van der Waals surface area contributed by atoms with Gasteiger partial charge in [-0.15, -0.1) is 0 Å². The molecule has 0 aliphatic rings. The van der Waals surface area contributed by atoms with Crippen LogP contribution in [0.25, 0.3) is 0 Å². The molecule has 1 aromatic heterocycles. The minimum atomic E-state index is -4.58. The van der Waals surface area contributed by atoms with Gasteiger partial charge in [-0.1, -0.05) is 12.1 Å². The van der Waals surface area contributed by atoms with Crippen molar-refractivity contribution in [3.05, 3.63) is 54.0 Å². The number of carbonyl (C=O) groups is 2. The Balaban J connectivity index is 2.11. The molecule has 0 aliphatic heterocycles. The summed E-state index contributed by atoms with van der Waals surface area (Å²) >= 11 is 0. The Morgan fingerprint density at radius 1 is 1.17 bits per heavy atom. The number of carbonyl (C=O) groups excluding carboxylic acids is 2. The average Bonchev–Trinajstić information content (AvgIpc) is 3.04.